The normalized spacial score (nSPS) is 10.3. The van der Waals surface area contributed by atoms with Gasteiger partial charge in [0.2, 0.25) is 0 Å². The van der Waals surface area contributed by atoms with Crippen LogP contribution in [0.25, 0.3) is 0 Å². The second-order valence-electron chi connectivity index (χ2n) is 3.31. The van der Waals surface area contributed by atoms with Gasteiger partial charge in [0.05, 0.1) is 0 Å². The molecule has 0 spiro atoms. The number of nitrogens with two attached hydrogens (primary N) is 1. The van der Waals surface area contributed by atoms with Gasteiger partial charge in [0, 0.05) is 22.5 Å². The standard InChI is InChI=1S/C12H11ClN2S/c13-12-9(2-1-7-15-12)8-16-11-5-3-10(14)4-6-11/h1-7H,8,14H2. The molecule has 2 N–H and O–H groups in total. The van der Waals surface area contributed by atoms with E-state index in [-0.39, 0.29) is 0 Å². The van der Waals surface area contributed by atoms with Gasteiger partial charge in [-0.2, -0.15) is 0 Å². The monoisotopic (exact) mass is 250 g/mol. The van der Waals surface area contributed by atoms with Gasteiger partial charge in [0.15, 0.2) is 0 Å². The fourth-order valence-electron chi connectivity index (χ4n) is 1.25. The van der Waals surface area contributed by atoms with Crippen molar-refractivity contribution in [2.75, 3.05) is 5.73 Å². The summed E-state index contributed by atoms with van der Waals surface area (Å²) in [5.41, 5.74) is 7.45. The molecular weight excluding hydrogens is 240 g/mol. The van der Waals surface area contributed by atoms with Gasteiger partial charge in [0.25, 0.3) is 0 Å². The number of halogens is 1. The van der Waals surface area contributed by atoms with Gasteiger partial charge < -0.3 is 5.73 Å². The van der Waals surface area contributed by atoms with Gasteiger partial charge >= 0.3 is 0 Å². The molecule has 0 bridgehead atoms. The molecule has 2 nitrogen and oxygen atoms in total. The van der Waals surface area contributed by atoms with Crippen LogP contribution in [0, 0.1) is 0 Å². The first-order valence-corrected chi connectivity index (χ1v) is 6.20. The molecule has 16 heavy (non-hydrogen) atoms. The predicted octanol–water partition coefficient (Wildman–Crippen LogP) is 3.61. The average molecular weight is 251 g/mol. The van der Waals surface area contributed by atoms with E-state index in [1.54, 1.807) is 18.0 Å². The van der Waals surface area contributed by atoms with E-state index in [4.69, 9.17) is 17.3 Å². The molecular formula is C12H11ClN2S. The zero-order valence-electron chi connectivity index (χ0n) is 8.56. The van der Waals surface area contributed by atoms with Crippen molar-refractivity contribution in [3.05, 3.63) is 53.3 Å². The summed E-state index contributed by atoms with van der Waals surface area (Å²) in [5.74, 6) is 0.816. The highest BCUT2D eigenvalue weighted by molar-refractivity contribution is 7.98. The summed E-state index contributed by atoms with van der Waals surface area (Å²) >= 11 is 7.69. The molecule has 2 rings (SSSR count). The van der Waals surface area contributed by atoms with Crippen molar-refractivity contribution < 1.29 is 0 Å². The zero-order chi connectivity index (χ0) is 11.4. The van der Waals surface area contributed by atoms with E-state index in [0.717, 1.165) is 17.0 Å². The lowest BCUT2D eigenvalue weighted by atomic mass is 10.3. The van der Waals surface area contributed by atoms with Crippen LogP contribution in [0.2, 0.25) is 5.15 Å². The quantitative estimate of drug-likeness (QED) is 0.514. The topological polar surface area (TPSA) is 38.9 Å². The van der Waals surface area contributed by atoms with Crippen LogP contribution in [0.3, 0.4) is 0 Å². The summed E-state index contributed by atoms with van der Waals surface area (Å²) in [7, 11) is 0. The molecule has 1 aromatic carbocycles. The highest BCUT2D eigenvalue weighted by Gasteiger charge is 2.01. The van der Waals surface area contributed by atoms with E-state index >= 15 is 0 Å². The first-order valence-electron chi connectivity index (χ1n) is 4.83. The summed E-state index contributed by atoms with van der Waals surface area (Å²) in [6, 6.07) is 11.7. The molecule has 1 heterocycles. The van der Waals surface area contributed by atoms with E-state index in [1.807, 2.05) is 36.4 Å². The minimum atomic E-state index is 0.574. The molecule has 1 aromatic heterocycles. The number of hydrogen-bond donors (Lipinski definition) is 1. The number of anilines is 1. The molecule has 0 unspecified atom stereocenters. The van der Waals surface area contributed by atoms with Gasteiger partial charge in [-0.3, -0.25) is 0 Å². The Balaban J connectivity index is 2.02. The molecule has 0 aliphatic heterocycles. The summed E-state index contributed by atoms with van der Waals surface area (Å²) in [5, 5.41) is 0.574. The molecule has 0 aliphatic rings. The van der Waals surface area contributed by atoms with Gasteiger partial charge in [-0.1, -0.05) is 17.7 Å². The number of aromatic nitrogens is 1. The largest absolute Gasteiger partial charge is 0.399 e. The third-order valence-electron chi connectivity index (χ3n) is 2.11. The van der Waals surface area contributed by atoms with Gasteiger partial charge in [-0.05, 0) is 35.9 Å². The maximum Gasteiger partial charge on any atom is 0.133 e. The van der Waals surface area contributed by atoms with Crippen LogP contribution in [0.1, 0.15) is 5.56 Å². The molecule has 0 atom stereocenters. The summed E-state index contributed by atoms with van der Waals surface area (Å²) in [6.45, 7) is 0. The maximum absolute atomic E-state index is 5.97. The van der Waals surface area contributed by atoms with Crippen LogP contribution in [-0.4, -0.2) is 4.98 Å². The fourth-order valence-corrected chi connectivity index (χ4v) is 2.40. The summed E-state index contributed by atoms with van der Waals surface area (Å²) in [4.78, 5) is 5.21. The molecule has 4 heteroatoms. The van der Waals surface area contributed by atoms with Crippen LogP contribution in [0.4, 0.5) is 5.69 Å². The molecule has 0 fully saturated rings. The summed E-state index contributed by atoms with van der Waals surface area (Å²) in [6.07, 6.45) is 1.69. The van der Waals surface area contributed by atoms with Crippen molar-refractivity contribution >= 4 is 29.1 Å². The Labute approximate surface area is 104 Å². The Bertz CT molecular complexity index is 471. The zero-order valence-corrected chi connectivity index (χ0v) is 10.1. The number of nitrogen functional groups attached to an aromatic ring is 1. The van der Waals surface area contributed by atoms with Crippen LogP contribution in [0.15, 0.2) is 47.5 Å². The van der Waals surface area contributed by atoms with E-state index in [9.17, 15) is 0 Å². The Kier molecular flexibility index (Phi) is 3.70. The van der Waals surface area contributed by atoms with Crippen molar-refractivity contribution in [3.63, 3.8) is 0 Å². The van der Waals surface area contributed by atoms with E-state index < -0.39 is 0 Å². The van der Waals surface area contributed by atoms with Crippen LogP contribution >= 0.6 is 23.4 Å². The lowest BCUT2D eigenvalue weighted by Crippen LogP contribution is -1.86. The Hall–Kier alpha value is -1.19. The number of pyridine rings is 1. The molecule has 0 amide bonds. The van der Waals surface area contributed by atoms with Crippen LogP contribution < -0.4 is 5.73 Å². The number of rotatable bonds is 3. The van der Waals surface area contributed by atoms with Crippen molar-refractivity contribution in [2.24, 2.45) is 0 Å². The van der Waals surface area contributed by atoms with Crippen molar-refractivity contribution in [3.8, 4) is 0 Å². The Morgan fingerprint density at radius 3 is 2.62 bits per heavy atom. The highest BCUT2D eigenvalue weighted by Crippen LogP contribution is 2.25. The Morgan fingerprint density at radius 1 is 1.19 bits per heavy atom. The Morgan fingerprint density at radius 2 is 1.94 bits per heavy atom. The molecule has 82 valence electrons. The summed E-state index contributed by atoms with van der Waals surface area (Å²) < 4.78 is 0. The van der Waals surface area contributed by atoms with Crippen LogP contribution in [0.5, 0.6) is 0 Å². The lowest BCUT2D eigenvalue weighted by molar-refractivity contribution is 1.25. The second-order valence-corrected chi connectivity index (χ2v) is 4.72. The SMILES string of the molecule is Nc1ccc(SCc2cccnc2Cl)cc1. The van der Waals surface area contributed by atoms with E-state index in [2.05, 4.69) is 4.98 Å². The number of benzene rings is 1. The van der Waals surface area contributed by atoms with Crippen molar-refractivity contribution in [1.29, 1.82) is 0 Å². The van der Waals surface area contributed by atoms with Gasteiger partial charge in [-0.25, -0.2) is 4.98 Å². The smallest absolute Gasteiger partial charge is 0.133 e. The molecule has 0 aliphatic carbocycles. The van der Waals surface area contributed by atoms with E-state index in [0.29, 0.717) is 5.15 Å². The first kappa shape index (κ1) is 11.3. The number of thioether (sulfide) groups is 1. The van der Waals surface area contributed by atoms with E-state index in [1.165, 1.54) is 4.90 Å². The third kappa shape index (κ3) is 2.90. The maximum atomic E-state index is 5.97. The minimum Gasteiger partial charge on any atom is -0.399 e. The molecule has 0 saturated heterocycles. The van der Waals surface area contributed by atoms with Crippen molar-refractivity contribution in [1.82, 2.24) is 4.98 Å². The predicted molar refractivity (Wildman–Crippen MR) is 69.7 cm³/mol. The van der Waals surface area contributed by atoms with Crippen molar-refractivity contribution in [2.45, 2.75) is 10.6 Å². The van der Waals surface area contributed by atoms with Gasteiger partial charge in [0.1, 0.15) is 5.15 Å². The second kappa shape index (κ2) is 5.23. The number of nitrogens with zero attached hydrogens (tertiary/aromatic N) is 1. The molecule has 0 saturated carbocycles. The molecule has 2 aromatic rings. The van der Waals surface area contributed by atoms with Crippen LogP contribution in [-0.2, 0) is 5.75 Å². The van der Waals surface area contributed by atoms with Gasteiger partial charge in [-0.15, -0.1) is 11.8 Å². The number of hydrogen-bond acceptors (Lipinski definition) is 3. The fraction of sp³-hybridized carbons (Fsp3) is 0.0833. The minimum absolute atomic E-state index is 0.574. The molecule has 0 radical (unpaired) electrons. The highest BCUT2D eigenvalue weighted by atomic mass is 35.5. The lowest BCUT2D eigenvalue weighted by Gasteiger charge is -2.03. The third-order valence-corrected chi connectivity index (χ3v) is 3.51. The average Bonchev–Trinajstić information content (AvgIpc) is 2.30. The first-order chi connectivity index (χ1) is 7.75.